The van der Waals surface area contributed by atoms with Gasteiger partial charge in [0.15, 0.2) is 0 Å². The van der Waals surface area contributed by atoms with Crippen LogP contribution >= 0.6 is 11.3 Å². The van der Waals surface area contributed by atoms with Crippen molar-refractivity contribution in [3.8, 4) is 5.75 Å². The van der Waals surface area contributed by atoms with Crippen LogP contribution in [0.5, 0.6) is 5.75 Å². The molecule has 13 heavy (non-hydrogen) atoms. The second-order valence-corrected chi connectivity index (χ2v) is 4.60. The molecule has 2 nitrogen and oxygen atoms in total. The van der Waals surface area contributed by atoms with Gasteiger partial charge in [0, 0.05) is 16.8 Å². The normalized spacial score (nSPS) is 19.1. The van der Waals surface area contributed by atoms with E-state index in [1.165, 1.54) is 37.2 Å². The summed E-state index contributed by atoms with van der Waals surface area (Å²) in [6.45, 7) is 3.46. The predicted molar refractivity (Wildman–Crippen MR) is 55.1 cm³/mol. The van der Waals surface area contributed by atoms with Gasteiger partial charge in [-0.05, 0) is 32.0 Å². The molecular weight excluding hydrogens is 182 g/mol. The second kappa shape index (κ2) is 4.11. The minimum atomic E-state index is 0.414. The Labute approximate surface area is 82.8 Å². The summed E-state index contributed by atoms with van der Waals surface area (Å²) in [7, 11) is 0. The van der Waals surface area contributed by atoms with Crippen LogP contribution in [-0.4, -0.2) is 23.1 Å². The molecule has 0 spiro atoms. The zero-order valence-electron chi connectivity index (χ0n) is 7.70. The van der Waals surface area contributed by atoms with Gasteiger partial charge in [0.25, 0.3) is 0 Å². The van der Waals surface area contributed by atoms with Gasteiger partial charge in [0.05, 0.1) is 0 Å². The largest absolute Gasteiger partial charge is 0.507 e. The van der Waals surface area contributed by atoms with Gasteiger partial charge in [-0.25, -0.2) is 0 Å². The van der Waals surface area contributed by atoms with E-state index in [0.717, 1.165) is 6.54 Å². The van der Waals surface area contributed by atoms with E-state index < -0.39 is 0 Å². The van der Waals surface area contributed by atoms with Crippen molar-refractivity contribution in [3.05, 3.63) is 16.3 Å². The lowest BCUT2D eigenvalue weighted by molar-refractivity contribution is 0.222. The van der Waals surface area contributed by atoms with E-state index in [-0.39, 0.29) is 0 Å². The average molecular weight is 197 g/mol. The van der Waals surface area contributed by atoms with Gasteiger partial charge in [-0.2, -0.15) is 0 Å². The first kappa shape index (κ1) is 9.03. The Balaban J connectivity index is 1.89. The fourth-order valence-corrected chi connectivity index (χ4v) is 2.58. The molecule has 0 aliphatic carbocycles. The Hall–Kier alpha value is -0.540. The van der Waals surface area contributed by atoms with E-state index in [1.807, 2.05) is 6.07 Å². The number of thiophene rings is 1. The quantitative estimate of drug-likeness (QED) is 0.787. The molecule has 72 valence electrons. The Morgan fingerprint density at radius 1 is 1.31 bits per heavy atom. The van der Waals surface area contributed by atoms with Crippen molar-refractivity contribution in [2.24, 2.45) is 0 Å². The standard InChI is InChI=1S/C10H15NOS/c12-9-6-10(13-8-9)7-11-4-2-1-3-5-11/h6,8,12H,1-5,7H2. The minimum Gasteiger partial charge on any atom is -0.507 e. The summed E-state index contributed by atoms with van der Waals surface area (Å²) < 4.78 is 0. The average Bonchev–Trinajstić information content (AvgIpc) is 2.53. The maximum atomic E-state index is 9.17. The van der Waals surface area contributed by atoms with Gasteiger partial charge >= 0.3 is 0 Å². The van der Waals surface area contributed by atoms with Gasteiger partial charge in [-0.1, -0.05) is 6.42 Å². The number of hydrogen-bond donors (Lipinski definition) is 1. The van der Waals surface area contributed by atoms with Gasteiger partial charge in [0.2, 0.25) is 0 Å². The van der Waals surface area contributed by atoms with Crippen molar-refractivity contribution in [2.75, 3.05) is 13.1 Å². The first-order valence-electron chi connectivity index (χ1n) is 4.83. The number of piperidine rings is 1. The van der Waals surface area contributed by atoms with Crippen molar-refractivity contribution in [2.45, 2.75) is 25.8 Å². The van der Waals surface area contributed by atoms with Crippen molar-refractivity contribution < 1.29 is 5.11 Å². The zero-order valence-corrected chi connectivity index (χ0v) is 8.52. The molecule has 0 aromatic carbocycles. The van der Waals surface area contributed by atoms with Gasteiger partial charge in [0.1, 0.15) is 5.75 Å². The van der Waals surface area contributed by atoms with Crippen LogP contribution in [0.25, 0.3) is 0 Å². The third-order valence-corrected chi connectivity index (χ3v) is 3.38. The lowest BCUT2D eigenvalue weighted by Crippen LogP contribution is -2.28. The molecule has 1 N–H and O–H groups in total. The molecule has 0 unspecified atom stereocenters. The Bertz CT molecular complexity index is 266. The molecule has 1 aliphatic rings. The van der Waals surface area contributed by atoms with E-state index in [0.29, 0.717) is 5.75 Å². The highest BCUT2D eigenvalue weighted by molar-refractivity contribution is 7.10. The first-order valence-corrected chi connectivity index (χ1v) is 5.71. The van der Waals surface area contributed by atoms with Crippen LogP contribution < -0.4 is 0 Å². The summed E-state index contributed by atoms with van der Waals surface area (Å²) in [5.41, 5.74) is 0. The topological polar surface area (TPSA) is 23.5 Å². The highest BCUT2D eigenvalue weighted by Gasteiger charge is 2.11. The fraction of sp³-hybridized carbons (Fsp3) is 0.600. The molecule has 1 fully saturated rings. The van der Waals surface area contributed by atoms with Crippen LogP contribution in [0.15, 0.2) is 11.4 Å². The fourth-order valence-electron chi connectivity index (χ4n) is 1.79. The number of likely N-dealkylation sites (tertiary alicyclic amines) is 1. The highest BCUT2D eigenvalue weighted by atomic mass is 32.1. The smallest absolute Gasteiger partial charge is 0.126 e. The summed E-state index contributed by atoms with van der Waals surface area (Å²) >= 11 is 1.65. The van der Waals surface area contributed by atoms with E-state index in [2.05, 4.69) is 4.90 Å². The summed E-state index contributed by atoms with van der Waals surface area (Å²) in [5.74, 6) is 0.414. The van der Waals surface area contributed by atoms with Crippen LogP contribution in [0.3, 0.4) is 0 Å². The maximum absolute atomic E-state index is 9.17. The Morgan fingerprint density at radius 3 is 2.69 bits per heavy atom. The predicted octanol–water partition coefficient (Wildman–Crippen LogP) is 2.44. The monoisotopic (exact) mass is 197 g/mol. The Kier molecular flexibility index (Phi) is 2.86. The summed E-state index contributed by atoms with van der Waals surface area (Å²) in [6, 6.07) is 1.87. The third-order valence-electron chi connectivity index (χ3n) is 2.47. The van der Waals surface area contributed by atoms with Crippen LogP contribution in [0.1, 0.15) is 24.1 Å². The molecule has 3 heteroatoms. The second-order valence-electron chi connectivity index (χ2n) is 3.61. The highest BCUT2D eigenvalue weighted by Crippen LogP contribution is 2.22. The molecule has 1 saturated heterocycles. The molecule has 1 aromatic heterocycles. The molecule has 1 aromatic rings. The van der Waals surface area contributed by atoms with Crippen LogP contribution in [-0.2, 0) is 6.54 Å². The lowest BCUT2D eigenvalue weighted by atomic mass is 10.1. The van der Waals surface area contributed by atoms with Gasteiger partial charge in [-0.15, -0.1) is 11.3 Å². The number of aromatic hydroxyl groups is 1. The van der Waals surface area contributed by atoms with E-state index in [4.69, 9.17) is 0 Å². The summed E-state index contributed by atoms with van der Waals surface area (Å²) in [6.07, 6.45) is 4.04. The minimum absolute atomic E-state index is 0.414. The molecule has 0 bridgehead atoms. The van der Waals surface area contributed by atoms with Crippen LogP contribution in [0, 0.1) is 0 Å². The molecule has 0 saturated carbocycles. The van der Waals surface area contributed by atoms with Crippen molar-refractivity contribution in [1.82, 2.24) is 4.90 Å². The molecule has 0 radical (unpaired) electrons. The zero-order chi connectivity index (χ0) is 9.10. The van der Waals surface area contributed by atoms with Crippen molar-refractivity contribution in [1.29, 1.82) is 0 Å². The lowest BCUT2D eigenvalue weighted by Gasteiger charge is -2.25. The first-order chi connectivity index (χ1) is 6.34. The molecular formula is C10H15NOS. The van der Waals surface area contributed by atoms with Gasteiger partial charge in [-0.3, -0.25) is 4.90 Å². The summed E-state index contributed by atoms with van der Waals surface area (Å²) in [5, 5.41) is 11.0. The maximum Gasteiger partial charge on any atom is 0.126 e. The van der Waals surface area contributed by atoms with Gasteiger partial charge < -0.3 is 5.11 Å². The van der Waals surface area contributed by atoms with Crippen molar-refractivity contribution >= 4 is 11.3 Å². The Morgan fingerprint density at radius 2 is 2.08 bits per heavy atom. The van der Waals surface area contributed by atoms with E-state index >= 15 is 0 Å². The van der Waals surface area contributed by atoms with Crippen molar-refractivity contribution in [3.63, 3.8) is 0 Å². The number of rotatable bonds is 2. The molecule has 1 aliphatic heterocycles. The van der Waals surface area contributed by atoms with E-state index in [9.17, 15) is 5.11 Å². The number of hydrogen-bond acceptors (Lipinski definition) is 3. The third kappa shape index (κ3) is 2.45. The van der Waals surface area contributed by atoms with E-state index in [1.54, 1.807) is 16.7 Å². The molecule has 2 rings (SSSR count). The SMILES string of the molecule is Oc1csc(CN2CCCCC2)c1. The van der Waals surface area contributed by atoms with Crippen LogP contribution in [0.4, 0.5) is 0 Å². The molecule has 2 heterocycles. The summed E-state index contributed by atoms with van der Waals surface area (Å²) in [4.78, 5) is 3.74. The number of nitrogens with zero attached hydrogens (tertiary/aromatic N) is 1. The molecule has 0 amide bonds. The molecule has 0 atom stereocenters. The van der Waals surface area contributed by atoms with Crippen LogP contribution in [0.2, 0.25) is 0 Å².